The van der Waals surface area contributed by atoms with E-state index < -0.39 is 0 Å². The molecule has 2 aromatic rings. The number of hydrogen-bond donors (Lipinski definition) is 1. The molecule has 0 saturated carbocycles. The van der Waals surface area contributed by atoms with Crippen LogP contribution >= 0.6 is 15.9 Å². The third kappa shape index (κ3) is 1.28. The highest BCUT2D eigenvalue weighted by Crippen LogP contribution is 2.26. The van der Waals surface area contributed by atoms with Crippen molar-refractivity contribution in [2.24, 2.45) is 7.05 Å². The number of rotatable bonds is 1. The van der Waals surface area contributed by atoms with Gasteiger partial charge in [0.2, 0.25) is 0 Å². The summed E-state index contributed by atoms with van der Waals surface area (Å²) in [5, 5.41) is 10.2. The Morgan fingerprint density at radius 1 is 1.46 bits per heavy atom. The minimum absolute atomic E-state index is 0.0810. The topological polar surface area (TPSA) is 25.2 Å². The van der Waals surface area contributed by atoms with Crippen LogP contribution in [0.2, 0.25) is 0 Å². The molecule has 0 fully saturated rings. The van der Waals surface area contributed by atoms with Crippen molar-refractivity contribution < 1.29 is 5.11 Å². The molecule has 0 saturated heterocycles. The molecule has 1 aromatic carbocycles. The first kappa shape index (κ1) is 8.78. The zero-order valence-electron chi connectivity index (χ0n) is 7.29. The third-order valence-electron chi connectivity index (χ3n) is 2.30. The standard InChI is InChI=1S/C10H10BrNO/c1-12-7(6-13)5-8-9(11)3-2-4-10(8)12/h2-5,13H,6H2,1H3. The maximum Gasteiger partial charge on any atom is 0.0833 e. The van der Waals surface area contributed by atoms with Gasteiger partial charge < -0.3 is 9.67 Å². The molecular formula is C10H10BrNO. The summed E-state index contributed by atoms with van der Waals surface area (Å²) in [5.41, 5.74) is 2.07. The molecule has 1 aromatic heterocycles. The van der Waals surface area contributed by atoms with Gasteiger partial charge in [-0.2, -0.15) is 0 Å². The van der Waals surface area contributed by atoms with Crippen LogP contribution in [0.25, 0.3) is 10.9 Å². The summed E-state index contributed by atoms with van der Waals surface area (Å²) in [7, 11) is 1.96. The zero-order chi connectivity index (χ0) is 9.42. The Bertz CT molecular complexity index is 447. The molecule has 0 radical (unpaired) electrons. The smallest absolute Gasteiger partial charge is 0.0833 e. The van der Waals surface area contributed by atoms with Crippen LogP contribution in [0.4, 0.5) is 0 Å². The Balaban J connectivity index is 2.83. The molecule has 0 amide bonds. The molecule has 1 heterocycles. The molecule has 0 aliphatic heterocycles. The van der Waals surface area contributed by atoms with Gasteiger partial charge in [0, 0.05) is 28.1 Å². The number of aryl methyl sites for hydroxylation is 1. The minimum atomic E-state index is 0.0810. The van der Waals surface area contributed by atoms with Crippen molar-refractivity contribution in [3.63, 3.8) is 0 Å². The monoisotopic (exact) mass is 239 g/mol. The summed E-state index contributed by atoms with van der Waals surface area (Å²) >= 11 is 3.48. The van der Waals surface area contributed by atoms with Crippen LogP contribution in [0.15, 0.2) is 28.7 Å². The normalized spacial score (nSPS) is 11.0. The molecule has 0 atom stereocenters. The second-order valence-electron chi connectivity index (χ2n) is 3.03. The molecule has 3 heteroatoms. The first-order valence-corrected chi connectivity index (χ1v) is 4.87. The van der Waals surface area contributed by atoms with Gasteiger partial charge in [-0.3, -0.25) is 0 Å². The fraction of sp³-hybridized carbons (Fsp3) is 0.200. The molecule has 0 aliphatic rings. The van der Waals surface area contributed by atoms with Crippen LogP contribution in [0.5, 0.6) is 0 Å². The highest BCUT2D eigenvalue weighted by molar-refractivity contribution is 9.10. The number of hydrogen-bond acceptors (Lipinski definition) is 1. The van der Waals surface area contributed by atoms with Gasteiger partial charge in [0.05, 0.1) is 6.61 Å². The van der Waals surface area contributed by atoms with Crippen molar-refractivity contribution in [3.05, 3.63) is 34.4 Å². The van der Waals surface area contributed by atoms with E-state index >= 15 is 0 Å². The van der Waals surface area contributed by atoms with Crippen LogP contribution in [0.1, 0.15) is 5.69 Å². The lowest BCUT2D eigenvalue weighted by molar-refractivity contribution is 0.273. The van der Waals surface area contributed by atoms with E-state index in [2.05, 4.69) is 15.9 Å². The average Bonchev–Trinajstić information content (AvgIpc) is 2.45. The van der Waals surface area contributed by atoms with Gasteiger partial charge >= 0.3 is 0 Å². The Morgan fingerprint density at radius 3 is 2.85 bits per heavy atom. The van der Waals surface area contributed by atoms with E-state index in [0.29, 0.717) is 0 Å². The summed E-state index contributed by atoms with van der Waals surface area (Å²) in [5.74, 6) is 0. The maximum atomic E-state index is 9.07. The van der Waals surface area contributed by atoms with Crippen molar-refractivity contribution in [2.45, 2.75) is 6.61 Å². The molecule has 0 unspecified atom stereocenters. The lowest BCUT2D eigenvalue weighted by Crippen LogP contribution is -1.94. The van der Waals surface area contributed by atoms with Crippen molar-refractivity contribution in [3.8, 4) is 0 Å². The van der Waals surface area contributed by atoms with Gasteiger partial charge in [-0.05, 0) is 18.2 Å². The highest BCUT2D eigenvalue weighted by atomic mass is 79.9. The molecule has 0 spiro atoms. The number of nitrogens with zero attached hydrogens (tertiary/aromatic N) is 1. The van der Waals surface area contributed by atoms with Gasteiger partial charge in [-0.25, -0.2) is 0 Å². The van der Waals surface area contributed by atoms with Gasteiger partial charge in [-0.15, -0.1) is 0 Å². The Hall–Kier alpha value is -0.800. The quantitative estimate of drug-likeness (QED) is 0.813. The van der Waals surface area contributed by atoms with E-state index in [1.807, 2.05) is 35.9 Å². The van der Waals surface area contributed by atoms with E-state index in [0.717, 1.165) is 21.1 Å². The molecule has 68 valence electrons. The van der Waals surface area contributed by atoms with Crippen LogP contribution in [-0.2, 0) is 13.7 Å². The number of aliphatic hydroxyl groups is 1. The fourth-order valence-corrected chi connectivity index (χ4v) is 2.00. The largest absolute Gasteiger partial charge is 0.390 e. The first-order valence-electron chi connectivity index (χ1n) is 4.07. The maximum absolute atomic E-state index is 9.07. The summed E-state index contributed by atoms with van der Waals surface area (Å²) in [4.78, 5) is 0. The van der Waals surface area contributed by atoms with E-state index in [1.54, 1.807) is 0 Å². The predicted octanol–water partition coefficient (Wildman–Crippen LogP) is 2.43. The molecule has 0 bridgehead atoms. The van der Waals surface area contributed by atoms with Crippen molar-refractivity contribution in [1.82, 2.24) is 4.57 Å². The first-order chi connectivity index (χ1) is 6.24. The number of halogens is 1. The van der Waals surface area contributed by atoms with E-state index in [-0.39, 0.29) is 6.61 Å². The van der Waals surface area contributed by atoms with E-state index in [9.17, 15) is 0 Å². The second-order valence-corrected chi connectivity index (χ2v) is 3.88. The Kier molecular flexibility index (Phi) is 2.14. The van der Waals surface area contributed by atoms with Gasteiger partial charge in [0.15, 0.2) is 0 Å². The molecule has 13 heavy (non-hydrogen) atoms. The molecule has 0 aliphatic carbocycles. The predicted molar refractivity (Wildman–Crippen MR) is 56.5 cm³/mol. The lowest BCUT2D eigenvalue weighted by Gasteiger charge is -1.99. The molecule has 2 nitrogen and oxygen atoms in total. The summed E-state index contributed by atoms with van der Waals surface area (Å²) in [6.07, 6.45) is 0. The number of benzene rings is 1. The van der Waals surface area contributed by atoms with Crippen LogP contribution in [-0.4, -0.2) is 9.67 Å². The van der Waals surface area contributed by atoms with Gasteiger partial charge in [0.1, 0.15) is 0 Å². The Morgan fingerprint density at radius 2 is 2.23 bits per heavy atom. The van der Waals surface area contributed by atoms with Crippen molar-refractivity contribution >= 4 is 26.8 Å². The number of aliphatic hydroxyl groups excluding tert-OH is 1. The summed E-state index contributed by atoms with van der Waals surface area (Å²) < 4.78 is 3.07. The lowest BCUT2D eigenvalue weighted by atomic mass is 10.2. The van der Waals surface area contributed by atoms with Crippen LogP contribution < -0.4 is 0 Å². The fourth-order valence-electron chi connectivity index (χ4n) is 1.53. The van der Waals surface area contributed by atoms with Gasteiger partial charge in [-0.1, -0.05) is 22.0 Å². The minimum Gasteiger partial charge on any atom is -0.390 e. The van der Waals surface area contributed by atoms with E-state index in [4.69, 9.17) is 5.11 Å². The summed E-state index contributed by atoms with van der Waals surface area (Å²) in [6, 6.07) is 8.04. The highest BCUT2D eigenvalue weighted by Gasteiger charge is 2.05. The second kappa shape index (κ2) is 3.16. The zero-order valence-corrected chi connectivity index (χ0v) is 8.87. The van der Waals surface area contributed by atoms with Crippen LogP contribution in [0, 0.1) is 0 Å². The van der Waals surface area contributed by atoms with Gasteiger partial charge in [0.25, 0.3) is 0 Å². The average molecular weight is 240 g/mol. The SMILES string of the molecule is Cn1c(CO)cc2c(Br)cccc21. The molecule has 1 N–H and O–H groups in total. The number of fused-ring (bicyclic) bond motifs is 1. The van der Waals surface area contributed by atoms with Crippen molar-refractivity contribution in [1.29, 1.82) is 0 Å². The van der Waals surface area contributed by atoms with Crippen LogP contribution in [0.3, 0.4) is 0 Å². The number of aromatic nitrogens is 1. The summed E-state index contributed by atoms with van der Waals surface area (Å²) in [6.45, 7) is 0.0810. The molecular weight excluding hydrogens is 230 g/mol. The third-order valence-corrected chi connectivity index (χ3v) is 2.99. The van der Waals surface area contributed by atoms with E-state index in [1.165, 1.54) is 0 Å². The molecule has 2 rings (SSSR count). The van der Waals surface area contributed by atoms with Crippen molar-refractivity contribution in [2.75, 3.05) is 0 Å². The Labute approximate surface area is 84.9 Å².